The van der Waals surface area contributed by atoms with Crippen LogP contribution in [0.25, 0.3) is 0 Å². The highest BCUT2D eigenvalue weighted by Gasteiger charge is 2.10. The van der Waals surface area contributed by atoms with Crippen LogP contribution in [-0.2, 0) is 21.1 Å². The summed E-state index contributed by atoms with van der Waals surface area (Å²) in [6.45, 7) is 0.0976. The van der Waals surface area contributed by atoms with Crippen molar-refractivity contribution in [3.63, 3.8) is 0 Å². The number of carbonyl (C=O) groups is 1. The van der Waals surface area contributed by atoms with Crippen molar-refractivity contribution < 1.29 is 13.7 Å². The molecule has 2 rings (SSSR count). The van der Waals surface area contributed by atoms with Crippen LogP contribution in [0.5, 0.6) is 0 Å². The van der Waals surface area contributed by atoms with E-state index in [2.05, 4.69) is 4.36 Å². The molecule has 5 nitrogen and oxygen atoms in total. The molecule has 0 radical (unpaired) electrons. The lowest BCUT2D eigenvalue weighted by Gasteiger charge is -2.05. The topological polar surface area (TPSA) is 81.8 Å². The van der Waals surface area contributed by atoms with Crippen LogP contribution < -0.4 is 5.73 Å². The molecule has 2 aromatic rings. The monoisotopic (exact) mass is 304 g/mol. The minimum absolute atomic E-state index is 0.0976. The summed E-state index contributed by atoms with van der Waals surface area (Å²) in [4.78, 5) is 12.1. The predicted molar refractivity (Wildman–Crippen MR) is 82.2 cm³/mol. The summed E-state index contributed by atoms with van der Waals surface area (Å²) in [5, 5.41) is 0. The second-order valence-corrected chi connectivity index (χ2v) is 6.76. The van der Waals surface area contributed by atoms with Crippen molar-refractivity contribution in [3.05, 3.63) is 60.2 Å². The molecule has 0 aromatic heterocycles. The highest BCUT2D eigenvalue weighted by molar-refractivity contribution is 7.93. The molecule has 1 unspecified atom stereocenters. The van der Waals surface area contributed by atoms with Gasteiger partial charge in [-0.05, 0) is 29.8 Å². The van der Waals surface area contributed by atoms with Crippen LogP contribution in [0.3, 0.4) is 0 Å². The average Bonchev–Trinajstić information content (AvgIpc) is 2.46. The van der Waals surface area contributed by atoms with Gasteiger partial charge >= 0.3 is 6.09 Å². The van der Waals surface area contributed by atoms with Gasteiger partial charge in [0.05, 0.1) is 9.73 Å². The Labute approximate surface area is 123 Å². The fourth-order valence-corrected chi connectivity index (χ4v) is 2.74. The van der Waals surface area contributed by atoms with Crippen LogP contribution in [-0.4, -0.2) is 16.6 Å². The molecule has 0 aliphatic carbocycles. The standard InChI is InChI=1S/C15H16N2O3S/c1-21(19,14-9-7-13(16)8-10-14)17-15(18)20-11-12-5-3-2-4-6-12/h2-10H,11,16H2,1H3. The van der Waals surface area contributed by atoms with E-state index in [1.807, 2.05) is 30.3 Å². The van der Waals surface area contributed by atoms with Crippen LogP contribution in [0.1, 0.15) is 5.56 Å². The normalized spacial score (nSPS) is 13.2. The Kier molecular flexibility index (Phi) is 4.59. The first-order chi connectivity index (χ1) is 9.97. The second-order valence-electron chi connectivity index (χ2n) is 4.50. The molecule has 6 heteroatoms. The van der Waals surface area contributed by atoms with Crippen molar-refractivity contribution in [2.24, 2.45) is 4.36 Å². The lowest BCUT2D eigenvalue weighted by atomic mass is 10.2. The summed E-state index contributed by atoms with van der Waals surface area (Å²) in [5.74, 6) is 0. The van der Waals surface area contributed by atoms with E-state index in [1.165, 1.54) is 6.26 Å². The molecule has 0 heterocycles. The van der Waals surface area contributed by atoms with Crippen LogP contribution >= 0.6 is 0 Å². The molecule has 1 amide bonds. The molecule has 0 aliphatic rings. The number of anilines is 1. The Morgan fingerprint density at radius 3 is 2.38 bits per heavy atom. The molecule has 0 saturated heterocycles. The quantitative estimate of drug-likeness (QED) is 0.883. The summed E-state index contributed by atoms with van der Waals surface area (Å²) < 4.78 is 21.1. The van der Waals surface area contributed by atoms with E-state index in [0.29, 0.717) is 10.6 Å². The van der Waals surface area contributed by atoms with E-state index >= 15 is 0 Å². The van der Waals surface area contributed by atoms with Gasteiger partial charge in [-0.3, -0.25) is 0 Å². The number of nitrogens with zero attached hydrogens (tertiary/aromatic N) is 1. The number of rotatable bonds is 3. The van der Waals surface area contributed by atoms with E-state index in [-0.39, 0.29) is 6.61 Å². The number of ether oxygens (including phenoxy) is 1. The first-order valence-electron chi connectivity index (χ1n) is 6.26. The van der Waals surface area contributed by atoms with E-state index in [9.17, 15) is 9.00 Å². The summed E-state index contributed by atoms with van der Waals surface area (Å²) in [6.07, 6.45) is 0.547. The minimum Gasteiger partial charge on any atom is -0.443 e. The molecule has 110 valence electrons. The smallest absolute Gasteiger partial charge is 0.442 e. The number of nitrogens with two attached hydrogens (primary N) is 1. The number of amides is 1. The van der Waals surface area contributed by atoms with Gasteiger partial charge in [-0.2, -0.15) is 0 Å². The van der Waals surface area contributed by atoms with Gasteiger partial charge in [-0.15, -0.1) is 4.36 Å². The SMILES string of the molecule is CS(=O)(=NC(=O)OCc1ccccc1)c1ccc(N)cc1. The molecule has 1 atom stereocenters. The van der Waals surface area contributed by atoms with Gasteiger partial charge in [0.2, 0.25) is 0 Å². The Balaban J connectivity index is 2.08. The van der Waals surface area contributed by atoms with E-state index in [0.717, 1.165) is 5.56 Å². The van der Waals surface area contributed by atoms with Gasteiger partial charge in [0.25, 0.3) is 0 Å². The number of nitrogen functional groups attached to an aromatic ring is 1. The third-order valence-electron chi connectivity index (χ3n) is 2.77. The lowest BCUT2D eigenvalue weighted by Crippen LogP contribution is -2.05. The predicted octanol–water partition coefficient (Wildman–Crippen LogP) is 3.06. The first kappa shape index (κ1) is 15.1. The maximum absolute atomic E-state index is 12.4. The van der Waals surface area contributed by atoms with Crippen molar-refractivity contribution >= 4 is 21.5 Å². The number of hydrogen-bond acceptors (Lipinski definition) is 4. The van der Waals surface area contributed by atoms with E-state index in [4.69, 9.17) is 10.5 Å². The van der Waals surface area contributed by atoms with Gasteiger partial charge in [-0.25, -0.2) is 9.00 Å². The number of hydrogen-bond donors (Lipinski definition) is 1. The maximum Gasteiger partial charge on any atom is 0.442 e. The van der Waals surface area contributed by atoms with Gasteiger partial charge in [-0.1, -0.05) is 30.3 Å². The second kappa shape index (κ2) is 6.41. The first-order valence-corrected chi connectivity index (χ1v) is 8.18. The fraction of sp³-hybridized carbons (Fsp3) is 0.133. The van der Waals surface area contributed by atoms with Gasteiger partial charge < -0.3 is 10.5 Å². The van der Waals surface area contributed by atoms with Crippen LogP contribution in [0.15, 0.2) is 63.9 Å². The Hall–Kier alpha value is -2.34. The molecule has 2 N–H and O–H groups in total. The minimum atomic E-state index is -2.84. The van der Waals surface area contributed by atoms with Crippen molar-refractivity contribution in [1.82, 2.24) is 0 Å². The fourth-order valence-electron chi connectivity index (χ4n) is 1.66. The number of benzene rings is 2. The highest BCUT2D eigenvalue weighted by atomic mass is 32.2. The Bertz CT molecular complexity index is 733. The van der Waals surface area contributed by atoms with Crippen molar-refractivity contribution in [2.75, 3.05) is 12.0 Å². The zero-order valence-corrected chi connectivity index (χ0v) is 12.4. The number of carbonyl (C=O) groups excluding carboxylic acids is 1. The van der Waals surface area contributed by atoms with Crippen LogP contribution in [0.2, 0.25) is 0 Å². The molecule has 0 aliphatic heterocycles. The molecule has 21 heavy (non-hydrogen) atoms. The third kappa shape index (κ3) is 4.32. The van der Waals surface area contributed by atoms with Crippen LogP contribution in [0, 0.1) is 0 Å². The van der Waals surface area contributed by atoms with Gasteiger partial charge in [0.1, 0.15) is 6.61 Å². The van der Waals surface area contributed by atoms with Gasteiger partial charge in [0, 0.05) is 16.8 Å². The van der Waals surface area contributed by atoms with E-state index in [1.54, 1.807) is 24.3 Å². The summed E-state index contributed by atoms with van der Waals surface area (Å²) in [5.41, 5.74) is 6.97. The summed E-state index contributed by atoms with van der Waals surface area (Å²) in [6, 6.07) is 15.6. The largest absolute Gasteiger partial charge is 0.443 e. The third-order valence-corrected chi connectivity index (χ3v) is 4.42. The molecular weight excluding hydrogens is 288 g/mol. The van der Waals surface area contributed by atoms with Crippen molar-refractivity contribution in [1.29, 1.82) is 0 Å². The molecule has 2 aromatic carbocycles. The zero-order chi connectivity index (χ0) is 15.3. The zero-order valence-electron chi connectivity index (χ0n) is 11.6. The Morgan fingerprint density at radius 1 is 1.14 bits per heavy atom. The van der Waals surface area contributed by atoms with Gasteiger partial charge in [0.15, 0.2) is 0 Å². The lowest BCUT2D eigenvalue weighted by molar-refractivity contribution is 0.151. The molecule has 0 fully saturated rings. The summed E-state index contributed by atoms with van der Waals surface area (Å²) in [7, 11) is -2.84. The molecule has 0 bridgehead atoms. The van der Waals surface area contributed by atoms with Crippen molar-refractivity contribution in [3.8, 4) is 0 Å². The van der Waals surface area contributed by atoms with Crippen LogP contribution in [0.4, 0.5) is 10.5 Å². The molecular formula is C15H16N2O3S. The maximum atomic E-state index is 12.4. The Morgan fingerprint density at radius 2 is 1.76 bits per heavy atom. The van der Waals surface area contributed by atoms with Crippen molar-refractivity contribution in [2.45, 2.75) is 11.5 Å². The molecule has 0 saturated carbocycles. The van der Waals surface area contributed by atoms with E-state index < -0.39 is 15.8 Å². The average molecular weight is 304 g/mol. The highest BCUT2D eigenvalue weighted by Crippen LogP contribution is 2.14. The summed E-state index contributed by atoms with van der Waals surface area (Å²) >= 11 is 0. The molecule has 0 spiro atoms.